The van der Waals surface area contributed by atoms with Crippen LogP contribution < -0.4 is 15.6 Å². The van der Waals surface area contributed by atoms with Gasteiger partial charge in [0, 0.05) is 21.7 Å². The van der Waals surface area contributed by atoms with E-state index in [1.54, 1.807) is 30.3 Å². The van der Waals surface area contributed by atoms with E-state index < -0.39 is 0 Å². The van der Waals surface area contributed by atoms with Crippen LogP contribution in [0.2, 0.25) is 5.02 Å². The van der Waals surface area contributed by atoms with E-state index in [0.717, 1.165) is 16.5 Å². The average Bonchev–Trinajstić information content (AvgIpc) is 2.61. The van der Waals surface area contributed by atoms with E-state index in [2.05, 4.69) is 10.3 Å². The van der Waals surface area contributed by atoms with Crippen molar-refractivity contribution in [3.63, 3.8) is 0 Å². The first-order valence-corrected chi connectivity index (χ1v) is 8.69. The van der Waals surface area contributed by atoms with Crippen molar-refractivity contribution in [2.75, 3.05) is 11.9 Å². The van der Waals surface area contributed by atoms with Crippen LogP contribution in [0.4, 0.5) is 5.69 Å². The number of fused-ring (bicyclic) bond motifs is 1. The third kappa shape index (κ3) is 3.89. The van der Waals surface area contributed by atoms with Gasteiger partial charge >= 0.3 is 0 Å². The molecule has 0 aliphatic rings. The first kappa shape index (κ1) is 18.0. The van der Waals surface area contributed by atoms with E-state index in [1.165, 1.54) is 0 Å². The third-order valence-electron chi connectivity index (χ3n) is 4.22. The molecule has 0 fully saturated rings. The minimum absolute atomic E-state index is 0.0907. The van der Waals surface area contributed by atoms with Crippen LogP contribution in [0.3, 0.4) is 0 Å². The van der Waals surface area contributed by atoms with Crippen LogP contribution in [0, 0.1) is 6.92 Å². The number of nitrogens with one attached hydrogen (secondary N) is 2. The van der Waals surface area contributed by atoms with Gasteiger partial charge in [-0.2, -0.15) is 0 Å². The van der Waals surface area contributed by atoms with Crippen LogP contribution >= 0.6 is 11.6 Å². The highest BCUT2D eigenvalue weighted by Gasteiger charge is 2.09. The quantitative estimate of drug-likeness (QED) is 0.711. The van der Waals surface area contributed by atoms with Crippen LogP contribution in [-0.2, 0) is 11.2 Å². The van der Waals surface area contributed by atoms with E-state index >= 15 is 0 Å². The molecule has 0 bridgehead atoms. The number of halogens is 1. The Labute approximate surface area is 156 Å². The van der Waals surface area contributed by atoms with E-state index in [-0.39, 0.29) is 18.1 Å². The fourth-order valence-corrected chi connectivity index (χ4v) is 3.01. The Morgan fingerprint density at radius 1 is 1.19 bits per heavy atom. The summed E-state index contributed by atoms with van der Waals surface area (Å²) in [7, 11) is 0. The van der Waals surface area contributed by atoms with Crippen molar-refractivity contribution in [1.82, 2.24) is 4.98 Å². The number of aromatic nitrogens is 1. The number of amides is 1. The number of aryl methyl sites for hydroxylation is 1. The number of hydrogen-bond acceptors (Lipinski definition) is 3. The molecule has 0 atom stereocenters. The standard InChI is InChI=1S/C20H19ClN2O3/c1-3-16-12(2)17-9-6-14(10-18(17)23-20(16)25)22-19(24)11-26-15-7-4-13(21)5-8-15/h4-10H,3,11H2,1-2H3,(H,22,24)(H,23,25). The summed E-state index contributed by atoms with van der Waals surface area (Å²) in [6.45, 7) is 3.78. The molecular formula is C20H19ClN2O3. The molecule has 0 saturated carbocycles. The van der Waals surface area contributed by atoms with Gasteiger partial charge in [-0.1, -0.05) is 24.6 Å². The molecule has 2 N–H and O–H groups in total. The Bertz CT molecular complexity index is 1010. The van der Waals surface area contributed by atoms with Crippen LogP contribution in [0.5, 0.6) is 5.75 Å². The number of ether oxygens (including phenoxy) is 1. The topological polar surface area (TPSA) is 71.2 Å². The first-order valence-electron chi connectivity index (χ1n) is 8.31. The fraction of sp³-hybridized carbons (Fsp3) is 0.200. The summed E-state index contributed by atoms with van der Waals surface area (Å²) in [6.07, 6.45) is 0.678. The third-order valence-corrected chi connectivity index (χ3v) is 4.47. The summed E-state index contributed by atoms with van der Waals surface area (Å²) in [5.41, 5.74) is 2.95. The Morgan fingerprint density at radius 2 is 1.92 bits per heavy atom. The molecule has 2 aromatic carbocycles. The number of benzene rings is 2. The zero-order valence-electron chi connectivity index (χ0n) is 14.6. The predicted octanol–water partition coefficient (Wildman–Crippen LogP) is 4.07. The largest absolute Gasteiger partial charge is 0.484 e. The minimum Gasteiger partial charge on any atom is -0.484 e. The average molecular weight is 371 g/mol. The van der Waals surface area contributed by atoms with Crippen LogP contribution in [-0.4, -0.2) is 17.5 Å². The van der Waals surface area contributed by atoms with Crippen LogP contribution in [0.1, 0.15) is 18.1 Å². The first-order chi connectivity index (χ1) is 12.5. The second-order valence-electron chi connectivity index (χ2n) is 5.96. The maximum atomic E-state index is 12.1. The number of carbonyl (C=O) groups excluding carboxylic acids is 1. The van der Waals surface area contributed by atoms with Gasteiger partial charge in [-0.15, -0.1) is 0 Å². The number of aromatic amines is 1. The van der Waals surface area contributed by atoms with Crippen molar-refractivity contribution in [3.05, 3.63) is 69.0 Å². The van der Waals surface area contributed by atoms with Crippen molar-refractivity contribution >= 4 is 34.1 Å². The summed E-state index contributed by atoms with van der Waals surface area (Å²) in [5.74, 6) is 0.277. The van der Waals surface area contributed by atoms with Gasteiger partial charge in [-0.25, -0.2) is 0 Å². The summed E-state index contributed by atoms with van der Waals surface area (Å²) in [5, 5.41) is 4.35. The molecule has 3 rings (SSSR count). The highest BCUT2D eigenvalue weighted by atomic mass is 35.5. The molecule has 1 heterocycles. The van der Waals surface area contributed by atoms with Crippen LogP contribution in [0.25, 0.3) is 10.9 Å². The normalized spacial score (nSPS) is 10.7. The Hall–Kier alpha value is -2.79. The lowest BCUT2D eigenvalue weighted by atomic mass is 10.0. The molecule has 1 amide bonds. The fourth-order valence-electron chi connectivity index (χ4n) is 2.89. The summed E-state index contributed by atoms with van der Waals surface area (Å²) in [6, 6.07) is 12.3. The lowest BCUT2D eigenvalue weighted by Gasteiger charge is -2.10. The summed E-state index contributed by atoms with van der Waals surface area (Å²) < 4.78 is 5.42. The second kappa shape index (κ2) is 7.62. The summed E-state index contributed by atoms with van der Waals surface area (Å²) in [4.78, 5) is 27.1. The SMILES string of the molecule is CCc1c(C)c2ccc(NC(=O)COc3ccc(Cl)cc3)cc2[nH]c1=O. The number of pyridine rings is 1. The highest BCUT2D eigenvalue weighted by molar-refractivity contribution is 6.30. The van der Waals surface area contributed by atoms with Crippen molar-refractivity contribution < 1.29 is 9.53 Å². The lowest BCUT2D eigenvalue weighted by Crippen LogP contribution is -2.20. The minimum atomic E-state index is -0.288. The second-order valence-corrected chi connectivity index (χ2v) is 6.40. The molecule has 3 aromatic rings. The Kier molecular flexibility index (Phi) is 5.28. The maximum absolute atomic E-state index is 12.1. The van der Waals surface area contributed by atoms with E-state index in [4.69, 9.17) is 16.3 Å². The molecule has 0 aliphatic heterocycles. The van der Waals surface area contributed by atoms with E-state index in [9.17, 15) is 9.59 Å². The summed E-state index contributed by atoms with van der Waals surface area (Å²) >= 11 is 5.81. The zero-order chi connectivity index (χ0) is 18.7. The molecule has 0 unspecified atom stereocenters. The van der Waals surface area contributed by atoms with Gasteiger partial charge in [0.25, 0.3) is 11.5 Å². The van der Waals surface area contributed by atoms with Gasteiger partial charge in [0.2, 0.25) is 0 Å². The van der Waals surface area contributed by atoms with Crippen molar-refractivity contribution in [2.24, 2.45) is 0 Å². The predicted molar refractivity (Wildman–Crippen MR) is 104 cm³/mol. The zero-order valence-corrected chi connectivity index (χ0v) is 15.3. The number of carbonyl (C=O) groups is 1. The molecule has 1 aromatic heterocycles. The lowest BCUT2D eigenvalue weighted by molar-refractivity contribution is -0.118. The van der Waals surface area contributed by atoms with Crippen molar-refractivity contribution in [2.45, 2.75) is 20.3 Å². The van der Waals surface area contributed by atoms with Gasteiger partial charge in [-0.3, -0.25) is 9.59 Å². The number of rotatable bonds is 5. The molecule has 134 valence electrons. The molecule has 0 spiro atoms. The molecule has 5 nitrogen and oxygen atoms in total. The Morgan fingerprint density at radius 3 is 2.62 bits per heavy atom. The van der Waals surface area contributed by atoms with Gasteiger partial charge in [0.15, 0.2) is 6.61 Å². The number of hydrogen-bond donors (Lipinski definition) is 2. The molecule has 6 heteroatoms. The van der Waals surface area contributed by atoms with E-state index in [0.29, 0.717) is 28.4 Å². The van der Waals surface area contributed by atoms with Gasteiger partial charge in [0.1, 0.15) is 5.75 Å². The molecule has 0 radical (unpaired) electrons. The van der Waals surface area contributed by atoms with Crippen molar-refractivity contribution in [3.8, 4) is 5.75 Å². The Balaban J connectivity index is 1.73. The monoisotopic (exact) mass is 370 g/mol. The van der Waals surface area contributed by atoms with Gasteiger partial charge in [-0.05, 0) is 55.3 Å². The number of H-pyrrole nitrogens is 1. The maximum Gasteiger partial charge on any atom is 0.262 e. The molecule has 0 saturated heterocycles. The smallest absolute Gasteiger partial charge is 0.262 e. The molecule has 0 aliphatic carbocycles. The van der Waals surface area contributed by atoms with E-state index in [1.807, 2.05) is 26.0 Å². The molecule has 26 heavy (non-hydrogen) atoms. The van der Waals surface area contributed by atoms with Crippen molar-refractivity contribution in [1.29, 1.82) is 0 Å². The molecular weight excluding hydrogens is 352 g/mol. The number of anilines is 1. The van der Waals surface area contributed by atoms with Crippen LogP contribution in [0.15, 0.2) is 47.3 Å². The van der Waals surface area contributed by atoms with Gasteiger partial charge < -0.3 is 15.0 Å². The van der Waals surface area contributed by atoms with Gasteiger partial charge in [0.05, 0.1) is 5.52 Å². The highest BCUT2D eigenvalue weighted by Crippen LogP contribution is 2.21.